The van der Waals surface area contributed by atoms with Crippen LogP contribution >= 0.6 is 0 Å². The number of halogens is 4. The van der Waals surface area contributed by atoms with Gasteiger partial charge in [0, 0.05) is 11.6 Å². The number of ether oxygens (including phenoxy) is 1. The molecule has 164 valence electrons. The van der Waals surface area contributed by atoms with Crippen molar-refractivity contribution in [3.05, 3.63) is 60.2 Å². The second-order valence-electron chi connectivity index (χ2n) is 7.34. The number of nitrogens with zero attached hydrogens (tertiary/aromatic N) is 4. The smallest absolute Gasteiger partial charge is 0.406 e. The van der Waals surface area contributed by atoms with Crippen molar-refractivity contribution in [2.24, 2.45) is 0 Å². The Morgan fingerprint density at radius 3 is 2.41 bits per heavy atom. The Bertz CT molecular complexity index is 1300. The van der Waals surface area contributed by atoms with Crippen LogP contribution in [0.1, 0.15) is 24.6 Å². The van der Waals surface area contributed by atoms with Crippen molar-refractivity contribution in [1.82, 2.24) is 19.5 Å². The van der Waals surface area contributed by atoms with Gasteiger partial charge in [0.1, 0.15) is 11.6 Å². The van der Waals surface area contributed by atoms with Gasteiger partial charge in [0.15, 0.2) is 11.6 Å². The number of nitrogens with two attached hydrogens (primary N) is 1. The molecule has 1 aliphatic rings. The molecule has 7 nitrogen and oxygen atoms in total. The molecule has 0 amide bonds. The number of para-hydroxylation sites is 2. The molecule has 0 bridgehead atoms. The third kappa shape index (κ3) is 3.88. The molecule has 1 fully saturated rings. The number of imidazole rings is 1. The van der Waals surface area contributed by atoms with Crippen LogP contribution in [0.4, 0.5) is 34.9 Å². The highest BCUT2D eigenvalue weighted by atomic mass is 19.4. The summed E-state index contributed by atoms with van der Waals surface area (Å²) in [5.41, 5.74) is 7.63. The Morgan fingerprint density at radius 2 is 1.72 bits per heavy atom. The van der Waals surface area contributed by atoms with E-state index in [2.05, 4.69) is 25.0 Å². The van der Waals surface area contributed by atoms with Crippen LogP contribution in [-0.2, 0) is 0 Å². The minimum absolute atomic E-state index is 0.152. The molecule has 0 atom stereocenters. The number of benzene rings is 2. The predicted molar refractivity (Wildman–Crippen MR) is 109 cm³/mol. The number of aromatic nitrogens is 4. The molecular formula is C21H16F4N6O. The van der Waals surface area contributed by atoms with E-state index in [1.165, 1.54) is 12.1 Å². The minimum Gasteiger partial charge on any atom is -0.406 e. The third-order valence-electron chi connectivity index (χ3n) is 4.94. The first-order chi connectivity index (χ1) is 15.3. The van der Waals surface area contributed by atoms with Gasteiger partial charge in [-0.25, -0.2) is 4.98 Å². The largest absolute Gasteiger partial charge is 0.573 e. The number of rotatable bonds is 5. The minimum atomic E-state index is -4.80. The zero-order valence-electron chi connectivity index (χ0n) is 16.4. The van der Waals surface area contributed by atoms with Crippen LogP contribution in [0.25, 0.3) is 17.0 Å². The van der Waals surface area contributed by atoms with E-state index in [-0.39, 0.29) is 23.5 Å². The van der Waals surface area contributed by atoms with Crippen molar-refractivity contribution in [2.75, 3.05) is 11.1 Å². The van der Waals surface area contributed by atoms with Crippen molar-refractivity contribution >= 4 is 28.4 Å². The average Bonchev–Trinajstić information content (AvgIpc) is 3.51. The molecule has 32 heavy (non-hydrogen) atoms. The number of hydrogen-bond acceptors (Lipinski definition) is 6. The van der Waals surface area contributed by atoms with Gasteiger partial charge in [-0.2, -0.15) is 14.4 Å². The van der Waals surface area contributed by atoms with E-state index in [0.717, 1.165) is 41.8 Å². The van der Waals surface area contributed by atoms with Crippen molar-refractivity contribution in [1.29, 1.82) is 0 Å². The number of anilines is 3. The van der Waals surface area contributed by atoms with E-state index in [1.807, 2.05) is 24.3 Å². The highest BCUT2D eigenvalue weighted by molar-refractivity contribution is 5.78. The summed E-state index contributed by atoms with van der Waals surface area (Å²) in [6, 6.07) is 12.3. The number of nitrogens with one attached hydrogen (secondary N) is 1. The number of fused-ring (bicyclic) bond motifs is 1. The van der Waals surface area contributed by atoms with E-state index >= 15 is 0 Å². The maximum absolute atomic E-state index is 14.7. The molecule has 0 saturated heterocycles. The molecule has 1 saturated carbocycles. The van der Waals surface area contributed by atoms with E-state index in [1.54, 1.807) is 4.57 Å². The quantitative estimate of drug-likeness (QED) is 0.419. The Morgan fingerprint density at radius 1 is 1.00 bits per heavy atom. The van der Waals surface area contributed by atoms with Crippen LogP contribution < -0.4 is 15.8 Å². The van der Waals surface area contributed by atoms with Crippen molar-refractivity contribution in [3.8, 4) is 11.7 Å². The molecule has 0 radical (unpaired) electrons. The number of hydrogen-bond donors (Lipinski definition) is 2. The fourth-order valence-electron chi connectivity index (χ4n) is 3.38. The first-order valence-electron chi connectivity index (χ1n) is 9.72. The summed E-state index contributed by atoms with van der Waals surface area (Å²) in [5.74, 6) is -0.664. The zero-order valence-corrected chi connectivity index (χ0v) is 16.4. The highest BCUT2D eigenvalue weighted by Gasteiger charge is 2.32. The molecule has 0 unspecified atom stereocenters. The first kappa shape index (κ1) is 20.0. The highest BCUT2D eigenvalue weighted by Crippen LogP contribution is 2.41. The zero-order chi connectivity index (χ0) is 22.5. The molecule has 5 rings (SSSR count). The van der Waals surface area contributed by atoms with Crippen LogP contribution in [0.5, 0.6) is 5.75 Å². The summed E-state index contributed by atoms with van der Waals surface area (Å²) in [7, 11) is 0. The normalized spacial score (nSPS) is 14.0. The fourth-order valence-corrected chi connectivity index (χ4v) is 3.38. The summed E-state index contributed by atoms with van der Waals surface area (Å²) < 4.78 is 57.3. The van der Waals surface area contributed by atoms with E-state index in [0.29, 0.717) is 5.69 Å². The molecule has 2 aromatic carbocycles. The Labute approximate surface area is 178 Å². The molecule has 0 aliphatic heterocycles. The van der Waals surface area contributed by atoms with Gasteiger partial charge in [-0.05, 0) is 49.2 Å². The summed E-state index contributed by atoms with van der Waals surface area (Å²) in [6.45, 7) is 0. The average molecular weight is 444 g/mol. The van der Waals surface area contributed by atoms with Gasteiger partial charge in [0.05, 0.1) is 11.0 Å². The van der Waals surface area contributed by atoms with Crippen LogP contribution in [-0.4, -0.2) is 25.9 Å². The standard InChI is InChI=1S/C21H16F4N6O/c22-16-17(26)29-20(31-15-4-2-1-3-14(15)28-19(31)11-5-6-11)30-18(16)27-12-7-9-13(10-8-12)32-21(23,24)25/h1-4,7-11H,5-6H2,(H3,26,27,29,30). The molecule has 4 aromatic rings. The van der Waals surface area contributed by atoms with Gasteiger partial charge < -0.3 is 15.8 Å². The Hall–Kier alpha value is -3.89. The van der Waals surface area contributed by atoms with E-state index < -0.39 is 17.9 Å². The second kappa shape index (κ2) is 7.36. The van der Waals surface area contributed by atoms with Gasteiger partial charge in [-0.15, -0.1) is 13.2 Å². The molecule has 2 heterocycles. The van der Waals surface area contributed by atoms with Crippen LogP contribution in [0.2, 0.25) is 0 Å². The molecule has 1 aliphatic carbocycles. The molecule has 11 heteroatoms. The number of alkyl halides is 3. The van der Waals surface area contributed by atoms with Gasteiger partial charge >= 0.3 is 6.36 Å². The molecule has 3 N–H and O–H groups in total. The molecular weight excluding hydrogens is 428 g/mol. The topological polar surface area (TPSA) is 90.9 Å². The van der Waals surface area contributed by atoms with Crippen molar-refractivity contribution < 1.29 is 22.3 Å². The van der Waals surface area contributed by atoms with Crippen LogP contribution in [0.15, 0.2) is 48.5 Å². The van der Waals surface area contributed by atoms with Crippen LogP contribution in [0.3, 0.4) is 0 Å². The maximum Gasteiger partial charge on any atom is 0.573 e. The van der Waals surface area contributed by atoms with Crippen molar-refractivity contribution in [2.45, 2.75) is 25.1 Å². The van der Waals surface area contributed by atoms with Gasteiger partial charge in [-0.1, -0.05) is 12.1 Å². The lowest BCUT2D eigenvalue weighted by atomic mass is 10.3. The molecule has 0 spiro atoms. The summed E-state index contributed by atoms with van der Waals surface area (Å²) in [5, 5.41) is 2.74. The lowest BCUT2D eigenvalue weighted by molar-refractivity contribution is -0.274. The van der Waals surface area contributed by atoms with Gasteiger partial charge in [-0.3, -0.25) is 4.57 Å². The predicted octanol–water partition coefficient (Wildman–Crippen LogP) is 5.06. The summed E-state index contributed by atoms with van der Waals surface area (Å²) in [6.07, 6.45) is -2.83. The summed E-state index contributed by atoms with van der Waals surface area (Å²) >= 11 is 0. The monoisotopic (exact) mass is 444 g/mol. The van der Waals surface area contributed by atoms with E-state index in [4.69, 9.17) is 5.73 Å². The summed E-state index contributed by atoms with van der Waals surface area (Å²) in [4.78, 5) is 13.1. The Balaban J connectivity index is 1.52. The van der Waals surface area contributed by atoms with E-state index in [9.17, 15) is 17.6 Å². The van der Waals surface area contributed by atoms with Gasteiger partial charge in [0.25, 0.3) is 0 Å². The van der Waals surface area contributed by atoms with Crippen LogP contribution in [0, 0.1) is 5.82 Å². The fraction of sp³-hybridized carbons (Fsp3) is 0.190. The molecule has 2 aromatic heterocycles. The first-order valence-corrected chi connectivity index (χ1v) is 9.72. The third-order valence-corrected chi connectivity index (χ3v) is 4.94. The van der Waals surface area contributed by atoms with Gasteiger partial charge in [0.2, 0.25) is 11.8 Å². The lowest BCUT2D eigenvalue weighted by Crippen LogP contribution is -2.17. The lowest BCUT2D eigenvalue weighted by Gasteiger charge is -2.13. The SMILES string of the molecule is Nc1nc(-n2c(C3CC3)nc3ccccc32)nc(Nc2ccc(OC(F)(F)F)cc2)c1F. The number of nitrogen functional groups attached to an aromatic ring is 1. The van der Waals surface area contributed by atoms with Crippen molar-refractivity contribution in [3.63, 3.8) is 0 Å². The Kier molecular flexibility index (Phi) is 4.61. The second-order valence-corrected chi connectivity index (χ2v) is 7.34. The maximum atomic E-state index is 14.7.